The Morgan fingerprint density at radius 2 is 2.24 bits per heavy atom. The van der Waals surface area contributed by atoms with Gasteiger partial charge in [-0.2, -0.15) is 0 Å². The monoisotopic (exact) mass is 246 g/mol. The summed E-state index contributed by atoms with van der Waals surface area (Å²) in [4.78, 5) is 5.47. The van der Waals surface area contributed by atoms with Crippen LogP contribution in [0, 0.1) is 0 Å². The minimum absolute atomic E-state index is 0.318. The molecule has 3 nitrogen and oxygen atoms in total. The van der Waals surface area contributed by atoms with Gasteiger partial charge >= 0.3 is 0 Å². The summed E-state index contributed by atoms with van der Waals surface area (Å²) in [5.41, 5.74) is 1.40. The van der Waals surface area contributed by atoms with E-state index in [0.29, 0.717) is 12.6 Å². The summed E-state index contributed by atoms with van der Waals surface area (Å²) in [7, 11) is 0. The highest BCUT2D eigenvalue weighted by molar-refractivity contribution is 7.10. The van der Waals surface area contributed by atoms with E-state index in [2.05, 4.69) is 21.7 Å². The number of thiophene rings is 1. The topological polar surface area (TPSA) is 34.1 Å². The van der Waals surface area contributed by atoms with Crippen LogP contribution in [-0.4, -0.2) is 18.1 Å². The molecule has 1 N–H and O–H groups in total. The fourth-order valence-electron chi connectivity index (χ4n) is 2.10. The predicted octanol–water partition coefficient (Wildman–Crippen LogP) is 2.41. The largest absolute Gasteiger partial charge is 0.491 e. The van der Waals surface area contributed by atoms with Gasteiger partial charge in [-0.25, -0.2) is 0 Å². The van der Waals surface area contributed by atoms with Gasteiger partial charge in [-0.15, -0.1) is 11.3 Å². The Hall–Kier alpha value is -1.39. The maximum absolute atomic E-state index is 5.77. The number of ether oxygens (including phenoxy) is 1. The zero-order valence-corrected chi connectivity index (χ0v) is 10.2. The summed E-state index contributed by atoms with van der Waals surface area (Å²) >= 11 is 1.85. The second-order valence-corrected chi connectivity index (χ2v) is 5.05. The maximum Gasteiger partial charge on any atom is 0.122 e. The standard InChI is InChI=1S/C13H14N2OS/c1-5-14-6-2-10(1)16-9-12-11-4-8-17-13(11)3-7-15-12/h1-2,4-6,8,12,15H,3,7,9H2/t12-/m0/s1. The SMILES string of the molecule is c1cc(OC[C@@H]2NCCc3sccc32)ccn1. The molecule has 0 radical (unpaired) electrons. The second kappa shape index (κ2) is 4.85. The van der Waals surface area contributed by atoms with Crippen molar-refractivity contribution in [3.05, 3.63) is 46.4 Å². The highest BCUT2D eigenvalue weighted by Gasteiger charge is 2.20. The van der Waals surface area contributed by atoms with Crippen LogP contribution in [0.15, 0.2) is 36.0 Å². The molecule has 3 heterocycles. The first-order valence-electron chi connectivity index (χ1n) is 5.76. The van der Waals surface area contributed by atoms with Crippen LogP contribution in [0.5, 0.6) is 5.75 Å². The van der Waals surface area contributed by atoms with E-state index in [0.717, 1.165) is 18.7 Å². The van der Waals surface area contributed by atoms with Crippen molar-refractivity contribution in [1.29, 1.82) is 0 Å². The van der Waals surface area contributed by atoms with Gasteiger partial charge in [0.25, 0.3) is 0 Å². The first-order valence-corrected chi connectivity index (χ1v) is 6.64. The van der Waals surface area contributed by atoms with Crippen molar-refractivity contribution < 1.29 is 4.74 Å². The van der Waals surface area contributed by atoms with E-state index >= 15 is 0 Å². The lowest BCUT2D eigenvalue weighted by Gasteiger charge is -2.24. The van der Waals surface area contributed by atoms with Crippen molar-refractivity contribution >= 4 is 11.3 Å². The summed E-state index contributed by atoms with van der Waals surface area (Å²) in [6, 6.07) is 6.29. The third-order valence-electron chi connectivity index (χ3n) is 2.96. The summed E-state index contributed by atoms with van der Waals surface area (Å²) < 4.78 is 5.77. The molecular weight excluding hydrogens is 232 g/mol. The van der Waals surface area contributed by atoms with Crippen molar-refractivity contribution in [2.75, 3.05) is 13.2 Å². The lowest BCUT2D eigenvalue weighted by Crippen LogP contribution is -2.32. The lowest BCUT2D eigenvalue weighted by atomic mass is 10.0. The first kappa shape index (κ1) is 10.7. The first-order chi connectivity index (χ1) is 8.43. The van der Waals surface area contributed by atoms with Crippen LogP contribution in [0.3, 0.4) is 0 Å². The van der Waals surface area contributed by atoms with E-state index in [-0.39, 0.29) is 0 Å². The highest BCUT2D eigenvalue weighted by Crippen LogP contribution is 2.27. The Kier molecular flexibility index (Phi) is 3.07. The lowest BCUT2D eigenvalue weighted by molar-refractivity contribution is 0.262. The Bertz CT molecular complexity index is 483. The Morgan fingerprint density at radius 1 is 1.35 bits per heavy atom. The van der Waals surface area contributed by atoms with Crippen molar-refractivity contribution in [2.45, 2.75) is 12.5 Å². The van der Waals surface area contributed by atoms with Crippen molar-refractivity contribution in [3.63, 3.8) is 0 Å². The molecule has 4 heteroatoms. The Balaban J connectivity index is 1.68. The molecule has 0 fully saturated rings. The normalized spacial score (nSPS) is 18.7. The molecule has 1 aliphatic heterocycles. The smallest absolute Gasteiger partial charge is 0.122 e. The summed E-state index contributed by atoms with van der Waals surface area (Å²) in [6.07, 6.45) is 4.64. The van der Waals surface area contributed by atoms with E-state index in [9.17, 15) is 0 Å². The van der Waals surface area contributed by atoms with Gasteiger partial charge in [0, 0.05) is 23.8 Å². The summed E-state index contributed by atoms with van der Waals surface area (Å²) in [5.74, 6) is 0.879. The molecule has 2 aromatic heterocycles. The van der Waals surface area contributed by atoms with Crippen LogP contribution in [0.25, 0.3) is 0 Å². The van der Waals surface area contributed by atoms with Crippen LogP contribution < -0.4 is 10.1 Å². The van der Waals surface area contributed by atoms with E-state index < -0.39 is 0 Å². The molecule has 1 atom stereocenters. The fraction of sp³-hybridized carbons (Fsp3) is 0.308. The third-order valence-corrected chi connectivity index (χ3v) is 3.96. The maximum atomic E-state index is 5.77. The zero-order valence-electron chi connectivity index (χ0n) is 9.43. The van der Waals surface area contributed by atoms with Gasteiger partial charge < -0.3 is 10.1 Å². The molecule has 0 saturated heterocycles. The van der Waals surface area contributed by atoms with E-state index in [1.54, 1.807) is 12.4 Å². The van der Waals surface area contributed by atoms with Crippen molar-refractivity contribution in [3.8, 4) is 5.75 Å². The van der Waals surface area contributed by atoms with Gasteiger partial charge in [-0.1, -0.05) is 0 Å². The molecule has 3 rings (SSSR count). The van der Waals surface area contributed by atoms with Crippen LogP contribution in [0.4, 0.5) is 0 Å². The van der Waals surface area contributed by atoms with Crippen LogP contribution >= 0.6 is 11.3 Å². The third kappa shape index (κ3) is 2.33. The van der Waals surface area contributed by atoms with Gasteiger partial charge in [-0.3, -0.25) is 4.98 Å². The van der Waals surface area contributed by atoms with Gasteiger partial charge in [0.2, 0.25) is 0 Å². The predicted molar refractivity (Wildman–Crippen MR) is 68.5 cm³/mol. The van der Waals surface area contributed by atoms with E-state index in [1.165, 1.54) is 10.4 Å². The number of pyridine rings is 1. The molecular formula is C13H14N2OS. The molecule has 1 aliphatic rings. The number of fused-ring (bicyclic) bond motifs is 1. The molecule has 0 unspecified atom stereocenters. The van der Waals surface area contributed by atoms with Crippen molar-refractivity contribution in [1.82, 2.24) is 10.3 Å². The molecule has 0 bridgehead atoms. The number of aromatic nitrogens is 1. The van der Waals surface area contributed by atoms with E-state index in [1.807, 2.05) is 23.5 Å². The van der Waals surface area contributed by atoms with Crippen LogP contribution in [0.2, 0.25) is 0 Å². The quantitative estimate of drug-likeness (QED) is 0.903. The fourth-order valence-corrected chi connectivity index (χ4v) is 3.04. The molecule has 2 aromatic rings. The summed E-state index contributed by atoms with van der Waals surface area (Å²) in [5, 5.41) is 5.66. The average molecular weight is 246 g/mol. The molecule has 0 saturated carbocycles. The van der Waals surface area contributed by atoms with Gasteiger partial charge in [-0.05, 0) is 35.6 Å². The Labute approximate surface area is 104 Å². The number of rotatable bonds is 3. The number of hydrogen-bond acceptors (Lipinski definition) is 4. The summed E-state index contributed by atoms with van der Waals surface area (Å²) in [6.45, 7) is 1.71. The number of nitrogens with one attached hydrogen (secondary N) is 1. The minimum atomic E-state index is 0.318. The second-order valence-electron chi connectivity index (χ2n) is 4.05. The van der Waals surface area contributed by atoms with Gasteiger partial charge in [0.1, 0.15) is 12.4 Å². The number of hydrogen-bond donors (Lipinski definition) is 1. The molecule has 0 aliphatic carbocycles. The zero-order chi connectivity index (χ0) is 11.5. The average Bonchev–Trinajstić information content (AvgIpc) is 2.86. The number of nitrogens with zero attached hydrogens (tertiary/aromatic N) is 1. The van der Waals surface area contributed by atoms with Gasteiger partial charge in [0.15, 0.2) is 0 Å². The van der Waals surface area contributed by atoms with E-state index in [4.69, 9.17) is 4.74 Å². The molecule has 17 heavy (non-hydrogen) atoms. The van der Waals surface area contributed by atoms with Crippen LogP contribution in [-0.2, 0) is 6.42 Å². The highest BCUT2D eigenvalue weighted by atomic mass is 32.1. The van der Waals surface area contributed by atoms with Crippen LogP contribution in [0.1, 0.15) is 16.5 Å². The van der Waals surface area contributed by atoms with Crippen molar-refractivity contribution in [2.24, 2.45) is 0 Å². The molecule has 0 amide bonds. The van der Waals surface area contributed by atoms with Gasteiger partial charge in [0.05, 0.1) is 6.04 Å². The Morgan fingerprint density at radius 3 is 3.12 bits per heavy atom. The minimum Gasteiger partial charge on any atom is -0.491 e. The molecule has 0 spiro atoms. The molecule has 0 aromatic carbocycles. The molecule has 88 valence electrons.